The molecule has 104 valence electrons. The van der Waals surface area contributed by atoms with Gasteiger partial charge in [-0.3, -0.25) is 4.99 Å². The normalized spacial score (nSPS) is 11.4. The van der Waals surface area contributed by atoms with E-state index in [2.05, 4.69) is 15.3 Å². The zero-order chi connectivity index (χ0) is 13.0. The van der Waals surface area contributed by atoms with Crippen molar-refractivity contribution in [2.45, 2.75) is 13.3 Å². The molecule has 1 heterocycles. The number of aliphatic imine (C=N–C) groups is 1. The third kappa shape index (κ3) is 4.09. The van der Waals surface area contributed by atoms with Crippen LogP contribution in [0.3, 0.4) is 0 Å². The number of fused-ring (bicyclic) bond motifs is 1. The molecule has 4 N–H and O–H groups in total. The van der Waals surface area contributed by atoms with Gasteiger partial charge >= 0.3 is 0 Å². The van der Waals surface area contributed by atoms with Crippen molar-refractivity contribution in [3.8, 4) is 0 Å². The molecule has 6 heteroatoms. The molecule has 2 rings (SSSR count). The molecule has 0 aliphatic carbocycles. The van der Waals surface area contributed by atoms with E-state index >= 15 is 0 Å². The lowest BCUT2D eigenvalue weighted by atomic mass is 10.1. The average Bonchev–Trinajstić information content (AvgIpc) is 2.72. The number of nitrogens with one attached hydrogen (secondary N) is 2. The first-order valence-corrected chi connectivity index (χ1v) is 6.00. The van der Waals surface area contributed by atoms with E-state index in [0.717, 1.165) is 29.4 Å². The number of benzene rings is 1. The summed E-state index contributed by atoms with van der Waals surface area (Å²) in [6.45, 7) is 3.31. The molecule has 0 aliphatic heterocycles. The van der Waals surface area contributed by atoms with Crippen LogP contribution in [0.25, 0.3) is 10.9 Å². The zero-order valence-corrected chi connectivity index (χ0v) is 13.1. The second kappa shape index (κ2) is 7.32. The molecule has 0 unspecified atom stereocenters. The van der Waals surface area contributed by atoms with Gasteiger partial charge in [0.15, 0.2) is 5.96 Å². The summed E-state index contributed by atoms with van der Waals surface area (Å²) in [6, 6.07) is 4.73. The summed E-state index contributed by atoms with van der Waals surface area (Å²) in [5.74, 6) is 0.225. The lowest BCUT2D eigenvalue weighted by Crippen LogP contribution is -2.31. The summed E-state index contributed by atoms with van der Waals surface area (Å²) < 4.78 is 13.2. The predicted molar refractivity (Wildman–Crippen MR) is 87.5 cm³/mol. The summed E-state index contributed by atoms with van der Waals surface area (Å²) in [7, 11) is 0. The Bertz CT molecular complexity index is 565. The van der Waals surface area contributed by atoms with Crippen molar-refractivity contribution in [3.05, 3.63) is 35.8 Å². The fraction of sp³-hybridized carbons (Fsp3) is 0.308. The third-order valence-electron chi connectivity index (χ3n) is 2.75. The molecule has 0 atom stereocenters. The van der Waals surface area contributed by atoms with Gasteiger partial charge in [-0.1, -0.05) is 0 Å². The second-order valence-electron chi connectivity index (χ2n) is 4.05. The third-order valence-corrected chi connectivity index (χ3v) is 2.75. The van der Waals surface area contributed by atoms with E-state index in [-0.39, 0.29) is 29.8 Å². The van der Waals surface area contributed by atoms with Crippen LogP contribution in [0.4, 0.5) is 4.39 Å². The Morgan fingerprint density at radius 2 is 2.26 bits per heavy atom. The molecule has 1 aromatic carbocycles. The Morgan fingerprint density at radius 3 is 3.00 bits per heavy atom. The molecule has 0 radical (unpaired) electrons. The van der Waals surface area contributed by atoms with Gasteiger partial charge in [0.2, 0.25) is 0 Å². The van der Waals surface area contributed by atoms with Gasteiger partial charge in [0.05, 0.1) is 0 Å². The lowest BCUT2D eigenvalue weighted by molar-refractivity contribution is 0.629. The Balaban J connectivity index is 0.00000180. The molecule has 1 aromatic heterocycles. The monoisotopic (exact) mass is 376 g/mol. The molecule has 0 spiro atoms. The Hall–Kier alpha value is -1.31. The highest BCUT2D eigenvalue weighted by Crippen LogP contribution is 2.19. The maximum absolute atomic E-state index is 13.2. The molecule has 0 amide bonds. The standard InChI is InChI=1S/C13H17FN4.HI/c1-2-16-13(15)17-6-5-9-8-18-12-4-3-10(14)7-11(9)12;/h3-4,7-8,18H,2,5-6H2,1H3,(H3,15,16,17);1H. The van der Waals surface area contributed by atoms with Gasteiger partial charge in [0.25, 0.3) is 0 Å². The fourth-order valence-corrected chi connectivity index (χ4v) is 1.89. The molecule has 0 saturated heterocycles. The Morgan fingerprint density at radius 1 is 1.47 bits per heavy atom. The van der Waals surface area contributed by atoms with Crippen molar-refractivity contribution < 1.29 is 4.39 Å². The number of H-pyrrole nitrogens is 1. The van der Waals surface area contributed by atoms with E-state index in [9.17, 15) is 4.39 Å². The van der Waals surface area contributed by atoms with Crippen LogP contribution < -0.4 is 11.1 Å². The summed E-state index contributed by atoms with van der Waals surface area (Å²) in [5, 5.41) is 3.84. The highest BCUT2D eigenvalue weighted by molar-refractivity contribution is 14.0. The van der Waals surface area contributed by atoms with Crippen LogP contribution in [-0.4, -0.2) is 24.0 Å². The van der Waals surface area contributed by atoms with Crippen LogP contribution in [0.2, 0.25) is 0 Å². The van der Waals surface area contributed by atoms with Crippen molar-refractivity contribution in [1.82, 2.24) is 10.3 Å². The SMILES string of the molecule is CCNC(N)=NCCc1c[nH]c2ccc(F)cc12.I. The Labute approximate surface area is 128 Å². The van der Waals surface area contributed by atoms with Gasteiger partial charge in [-0.25, -0.2) is 4.39 Å². The summed E-state index contributed by atoms with van der Waals surface area (Å²) >= 11 is 0. The van der Waals surface area contributed by atoms with E-state index in [1.807, 2.05) is 13.1 Å². The molecular formula is C13H18FIN4. The van der Waals surface area contributed by atoms with Crippen molar-refractivity contribution in [2.24, 2.45) is 10.7 Å². The molecule has 2 aromatic rings. The van der Waals surface area contributed by atoms with E-state index in [1.165, 1.54) is 6.07 Å². The zero-order valence-electron chi connectivity index (χ0n) is 10.7. The maximum atomic E-state index is 13.2. The van der Waals surface area contributed by atoms with Crippen LogP contribution in [0.5, 0.6) is 0 Å². The maximum Gasteiger partial charge on any atom is 0.188 e. The average molecular weight is 376 g/mol. The van der Waals surface area contributed by atoms with Crippen molar-refractivity contribution in [1.29, 1.82) is 0 Å². The number of rotatable bonds is 4. The lowest BCUT2D eigenvalue weighted by Gasteiger charge is -2.01. The first-order valence-electron chi connectivity index (χ1n) is 6.00. The van der Waals surface area contributed by atoms with Gasteiger partial charge in [-0.05, 0) is 37.1 Å². The smallest absolute Gasteiger partial charge is 0.188 e. The van der Waals surface area contributed by atoms with Crippen LogP contribution in [0, 0.1) is 5.82 Å². The van der Waals surface area contributed by atoms with Crippen LogP contribution in [0.1, 0.15) is 12.5 Å². The molecule has 0 saturated carbocycles. The van der Waals surface area contributed by atoms with E-state index in [4.69, 9.17) is 5.73 Å². The van der Waals surface area contributed by atoms with E-state index < -0.39 is 0 Å². The predicted octanol–water partition coefficient (Wildman–Crippen LogP) is 2.39. The molecule has 0 bridgehead atoms. The largest absolute Gasteiger partial charge is 0.370 e. The second-order valence-corrected chi connectivity index (χ2v) is 4.05. The van der Waals surface area contributed by atoms with Gasteiger partial charge in [0, 0.05) is 30.2 Å². The summed E-state index contributed by atoms with van der Waals surface area (Å²) in [6.07, 6.45) is 2.62. The number of aromatic amines is 1. The minimum absolute atomic E-state index is 0. The first-order chi connectivity index (χ1) is 8.70. The van der Waals surface area contributed by atoms with E-state index in [1.54, 1.807) is 12.1 Å². The number of hydrogen-bond acceptors (Lipinski definition) is 1. The Kier molecular flexibility index (Phi) is 6.07. The summed E-state index contributed by atoms with van der Waals surface area (Å²) in [5.41, 5.74) is 7.62. The van der Waals surface area contributed by atoms with Crippen molar-refractivity contribution >= 4 is 40.8 Å². The number of hydrogen-bond donors (Lipinski definition) is 3. The van der Waals surface area contributed by atoms with Gasteiger partial charge in [-0.15, -0.1) is 24.0 Å². The van der Waals surface area contributed by atoms with Crippen LogP contribution >= 0.6 is 24.0 Å². The van der Waals surface area contributed by atoms with Gasteiger partial charge in [-0.2, -0.15) is 0 Å². The van der Waals surface area contributed by atoms with Gasteiger partial charge < -0.3 is 16.0 Å². The minimum Gasteiger partial charge on any atom is -0.370 e. The number of nitrogens with two attached hydrogens (primary N) is 1. The molecular weight excluding hydrogens is 358 g/mol. The first kappa shape index (κ1) is 15.7. The number of halogens is 2. The highest BCUT2D eigenvalue weighted by atomic mass is 127. The molecule has 19 heavy (non-hydrogen) atoms. The quantitative estimate of drug-likeness (QED) is 0.436. The molecule has 0 fully saturated rings. The van der Waals surface area contributed by atoms with Crippen LogP contribution in [0.15, 0.2) is 29.4 Å². The molecule has 0 aliphatic rings. The number of guanidine groups is 1. The fourth-order valence-electron chi connectivity index (χ4n) is 1.89. The minimum atomic E-state index is -0.223. The van der Waals surface area contributed by atoms with Crippen LogP contribution in [-0.2, 0) is 6.42 Å². The summed E-state index contributed by atoms with van der Waals surface area (Å²) in [4.78, 5) is 7.31. The topological polar surface area (TPSA) is 66.2 Å². The van der Waals surface area contributed by atoms with E-state index in [0.29, 0.717) is 12.5 Å². The van der Waals surface area contributed by atoms with Crippen molar-refractivity contribution in [3.63, 3.8) is 0 Å². The van der Waals surface area contributed by atoms with Gasteiger partial charge in [0.1, 0.15) is 5.82 Å². The van der Waals surface area contributed by atoms with Crippen molar-refractivity contribution in [2.75, 3.05) is 13.1 Å². The number of nitrogens with zero attached hydrogens (tertiary/aromatic N) is 1. The number of aromatic nitrogens is 1. The highest BCUT2D eigenvalue weighted by Gasteiger charge is 2.04. The molecule has 4 nitrogen and oxygen atoms in total.